The van der Waals surface area contributed by atoms with Crippen LogP contribution in [0.2, 0.25) is 5.02 Å². The molecule has 0 saturated carbocycles. The fourth-order valence-corrected chi connectivity index (χ4v) is 3.74. The number of carbonyl (C=O) groups excluding carboxylic acids is 1. The van der Waals surface area contributed by atoms with Crippen molar-refractivity contribution in [2.45, 2.75) is 32.5 Å². The highest BCUT2D eigenvalue weighted by Gasteiger charge is 2.41. The fraction of sp³-hybridized carbons (Fsp3) is 0.316. The van der Waals surface area contributed by atoms with Crippen LogP contribution < -0.4 is 5.73 Å². The Morgan fingerprint density at radius 1 is 1.23 bits per heavy atom. The molecule has 1 unspecified atom stereocenters. The van der Waals surface area contributed by atoms with E-state index >= 15 is 0 Å². The lowest BCUT2D eigenvalue weighted by Gasteiger charge is -2.26. The number of rotatable bonds is 2. The zero-order chi connectivity index (χ0) is 19.3. The highest BCUT2D eigenvalue weighted by molar-refractivity contribution is 6.33. The molecule has 0 radical (unpaired) electrons. The molecule has 0 aliphatic heterocycles. The summed E-state index contributed by atoms with van der Waals surface area (Å²) in [5.74, 6) is 0. The summed E-state index contributed by atoms with van der Waals surface area (Å²) in [6.07, 6.45) is -5.10. The molecule has 0 spiro atoms. The molecule has 0 aromatic heterocycles. The van der Waals surface area contributed by atoms with Crippen molar-refractivity contribution in [1.82, 2.24) is 0 Å². The van der Waals surface area contributed by atoms with Crippen LogP contribution in [-0.2, 0) is 17.3 Å². The highest BCUT2D eigenvalue weighted by atomic mass is 35.5. The topological polar surface area (TPSA) is 52.3 Å². The van der Waals surface area contributed by atoms with Crippen LogP contribution in [-0.4, -0.2) is 6.09 Å². The van der Waals surface area contributed by atoms with Crippen molar-refractivity contribution >= 4 is 17.7 Å². The second kappa shape index (κ2) is 6.20. The molecule has 2 N–H and O–H groups in total. The molecule has 1 atom stereocenters. The molecule has 1 aliphatic rings. The zero-order valence-electron chi connectivity index (χ0n) is 14.2. The van der Waals surface area contributed by atoms with Crippen molar-refractivity contribution in [3.8, 4) is 11.1 Å². The molecule has 0 saturated heterocycles. The van der Waals surface area contributed by atoms with Gasteiger partial charge in [0.2, 0.25) is 0 Å². The average Bonchev–Trinajstić information content (AvgIpc) is 2.75. The molecule has 0 fully saturated rings. The van der Waals surface area contributed by atoms with Gasteiger partial charge in [-0.2, -0.15) is 13.2 Å². The first-order valence-corrected chi connectivity index (χ1v) is 8.33. The van der Waals surface area contributed by atoms with E-state index in [1.54, 1.807) is 12.1 Å². The van der Waals surface area contributed by atoms with Gasteiger partial charge in [-0.05, 0) is 35.2 Å². The maximum Gasteiger partial charge on any atom is 0.416 e. The molecule has 2 aromatic rings. The van der Waals surface area contributed by atoms with Gasteiger partial charge in [-0.25, -0.2) is 4.79 Å². The summed E-state index contributed by atoms with van der Waals surface area (Å²) < 4.78 is 43.7. The fourth-order valence-electron chi connectivity index (χ4n) is 3.45. The Hall–Kier alpha value is -2.21. The first-order chi connectivity index (χ1) is 12.0. The Bertz CT molecular complexity index is 878. The van der Waals surface area contributed by atoms with Gasteiger partial charge < -0.3 is 10.5 Å². The third kappa shape index (κ3) is 3.38. The van der Waals surface area contributed by atoms with Gasteiger partial charge >= 0.3 is 12.3 Å². The van der Waals surface area contributed by atoms with E-state index in [0.29, 0.717) is 17.5 Å². The standard InChI is InChI=1S/C19H17ClF3NO2/c1-18(2)9-11-7-10(3-5-14(11)16(18)26-17(24)25)13-6-4-12(8-15(13)20)19(21,22)23/h3-8,16H,9H2,1-2H3,(H2,24,25). The Morgan fingerprint density at radius 3 is 2.50 bits per heavy atom. The van der Waals surface area contributed by atoms with E-state index in [4.69, 9.17) is 22.1 Å². The lowest BCUT2D eigenvalue weighted by atomic mass is 9.87. The Kier molecular flexibility index (Phi) is 4.43. The lowest BCUT2D eigenvalue weighted by Crippen LogP contribution is -2.25. The predicted molar refractivity (Wildman–Crippen MR) is 92.8 cm³/mol. The number of benzene rings is 2. The first kappa shape index (κ1) is 18.6. The van der Waals surface area contributed by atoms with Crippen molar-refractivity contribution in [3.63, 3.8) is 0 Å². The Balaban J connectivity index is 2.00. The van der Waals surface area contributed by atoms with E-state index in [1.165, 1.54) is 6.07 Å². The summed E-state index contributed by atoms with van der Waals surface area (Å²) in [6.45, 7) is 3.93. The molecule has 26 heavy (non-hydrogen) atoms. The van der Waals surface area contributed by atoms with Gasteiger partial charge in [-0.15, -0.1) is 0 Å². The number of fused-ring (bicyclic) bond motifs is 1. The molecule has 3 rings (SSSR count). The molecule has 1 aliphatic carbocycles. The third-order valence-electron chi connectivity index (χ3n) is 4.62. The van der Waals surface area contributed by atoms with Gasteiger partial charge in [-0.1, -0.05) is 49.7 Å². The van der Waals surface area contributed by atoms with Gasteiger partial charge in [0.25, 0.3) is 0 Å². The molecular weight excluding hydrogens is 367 g/mol. The maximum atomic E-state index is 12.8. The normalized spacial score (nSPS) is 18.5. The number of halogens is 4. The highest BCUT2D eigenvalue weighted by Crippen LogP contribution is 2.48. The van der Waals surface area contributed by atoms with Gasteiger partial charge in [0.05, 0.1) is 5.56 Å². The van der Waals surface area contributed by atoms with Crippen LogP contribution in [0.25, 0.3) is 11.1 Å². The molecule has 0 heterocycles. The van der Waals surface area contributed by atoms with Gasteiger partial charge in [0.15, 0.2) is 0 Å². The van der Waals surface area contributed by atoms with E-state index in [9.17, 15) is 18.0 Å². The number of amides is 1. The quantitative estimate of drug-likeness (QED) is 0.718. The number of alkyl halides is 3. The summed E-state index contributed by atoms with van der Waals surface area (Å²) >= 11 is 6.09. The van der Waals surface area contributed by atoms with Crippen LogP contribution in [0.4, 0.5) is 18.0 Å². The number of primary amides is 1. The van der Waals surface area contributed by atoms with E-state index in [0.717, 1.165) is 23.3 Å². The molecule has 138 valence electrons. The van der Waals surface area contributed by atoms with Gasteiger partial charge in [0, 0.05) is 16.0 Å². The first-order valence-electron chi connectivity index (χ1n) is 7.95. The number of hydrogen-bond acceptors (Lipinski definition) is 2. The molecule has 1 amide bonds. The number of ether oxygens (including phenoxy) is 1. The summed E-state index contributed by atoms with van der Waals surface area (Å²) in [7, 11) is 0. The van der Waals surface area contributed by atoms with E-state index in [2.05, 4.69) is 0 Å². The third-order valence-corrected chi connectivity index (χ3v) is 4.94. The van der Waals surface area contributed by atoms with E-state index in [-0.39, 0.29) is 10.4 Å². The van der Waals surface area contributed by atoms with Crippen molar-refractivity contribution in [2.24, 2.45) is 11.1 Å². The molecule has 0 bridgehead atoms. The summed E-state index contributed by atoms with van der Waals surface area (Å²) in [5.41, 5.74) is 7.07. The number of carbonyl (C=O) groups is 1. The van der Waals surface area contributed by atoms with Crippen molar-refractivity contribution in [1.29, 1.82) is 0 Å². The minimum atomic E-state index is -4.44. The second-order valence-corrected chi connectivity index (χ2v) is 7.50. The SMILES string of the molecule is CC1(C)Cc2cc(-c3ccc(C(F)(F)F)cc3Cl)ccc2C1OC(N)=O. The molecule has 3 nitrogen and oxygen atoms in total. The zero-order valence-corrected chi connectivity index (χ0v) is 14.9. The molecular formula is C19H17ClF3NO2. The number of nitrogens with two attached hydrogens (primary N) is 1. The second-order valence-electron chi connectivity index (χ2n) is 7.09. The van der Waals surface area contributed by atoms with Crippen molar-refractivity contribution in [3.05, 3.63) is 58.1 Å². The maximum absolute atomic E-state index is 12.8. The van der Waals surface area contributed by atoms with Crippen LogP contribution in [0.1, 0.15) is 36.6 Å². The van der Waals surface area contributed by atoms with Crippen LogP contribution in [0, 0.1) is 5.41 Å². The van der Waals surface area contributed by atoms with E-state index in [1.807, 2.05) is 19.9 Å². The van der Waals surface area contributed by atoms with Gasteiger partial charge in [0.1, 0.15) is 6.10 Å². The average molecular weight is 384 g/mol. The van der Waals surface area contributed by atoms with Crippen molar-refractivity contribution < 1.29 is 22.7 Å². The van der Waals surface area contributed by atoms with Crippen LogP contribution in [0.5, 0.6) is 0 Å². The monoisotopic (exact) mass is 383 g/mol. The summed E-state index contributed by atoms with van der Waals surface area (Å²) in [6, 6.07) is 8.73. The van der Waals surface area contributed by atoms with Crippen LogP contribution in [0.15, 0.2) is 36.4 Å². The molecule has 7 heteroatoms. The van der Waals surface area contributed by atoms with Crippen LogP contribution in [0.3, 0.4) is 0 Å². The predicted octanol–water partition coefficient (Wildman–Crippen LogP) is 5.74. The van der Waals surface area contributed by atoms with Crippen molar-refractivity contribution in [2.75, 3.05) is 0 Å². The van der Waals surface area contributed by atoms with E-state index < -0.39 is 23.9 Å². The smallest absolute Gasteiger partial charge is 0.416 e. The lowest BCUT2D eigenvalue weighted by molar-refractivity contribution is -0.137. The van der Waals surface area contributed by atoms with Crippen LogP contribution >= 0.6 is 11.6 Å². The largest absolute Gasteiger partial charge is 0.441 e. The summed E-state index contributed by atoms with van der Waals surface area (Å²) in [4.78, 5) is 11.2. The van der Waals surface area contributed by atoms with Gasteiger partial charge in [-0.3, -0.25) is 0 Å². The minimum absolute atomic E-state index is 0.0296. The minimum Gasteiger partial charge on any atom is -0.441 e. The number of hydrogen-bond donors (Lipinski definition) is 1. The summed E-state index contributed by atoms with van der Waals surface area (Å²) in [5, 5.41) is 0.0296. The molecule has 2 aromatic carbocycles. The Morgan fingerprint density at radius 2 is 1.92 bits per heavy atom. The Labute approximate surface area is 153 Å².